The van der Waals surface area contributed by atoms with Crippen LogP contribution in [0.2, 0.25) is 0 Å². The molecule has 1 aliphatic heterocycles. The van der Waals surface area contributed by atoms with Crippen LogP contribution in [-0.4, -0.2) is 32.3 Å². The number of halogens is 1. The summed E-state index contributed by atoms with van der Waals surface area (Å²) < 4.78 is 7.02. The number of hydrogen-bond acceptors (Lipinski definition) is 4. The SMILES string of the molecule is Brc1ccsc1CNCCOC1CCNCC1. The second kappa shape index (κ2) is 7.48. The van der Waals surface area contributed by atoms with Gasteiger partial charge in [0.2, 0.25) is 0 Å². The first kappa shape index (κ1) is 13.5. The lowest BCUT2D eigenvalue weighted by molar-refractivity contribution is 0.0348. The standard InChI is InChI=1S/C12H19BrN2OS/c13-11-3-8-17-12(11)9-15-6-7-16-10-1-4-14-5-2-10/h3,8,10,14-15H,1-2,4-7,9H2. The topological polar surface area (TPSA) is 33.3 Å². The third-order valence-electron chi connectivity index (χ3n) is 2.90. The average Bonchev–Trinajstić information content (AvgIpc) is 2.76. The van der Waals surface area contributed by atoms with Gasteiger partial charge >= 0.3 is 0 Å². The van der Waals surface area contributed by atoms with Gasteiger partial charge in [-0.2, -0.15) is 0 Å². The maximum Gasteiger partial charge on any atom is 0.0600 e. The van der Waals surface area contributed by atoms with Gasteiger partial charge in [-0.1, -0.05) is 0 Å². The van der Waals surface area contributed by atoms with Gasteiger partial charge in [0.05, 0.1) is 12.7 Å². The Bertz CT molecular complexity index is 326. The van der Waals surface area contributed by atoms with Gasteiger partial charge in [-0.05, 0) is 53.3 Å². The molecule has 3 nitrogen and oxygen atoms in total. The molecule has 96 valence electrons. The van der Waals surface area contributed by atoms with Crippen molar-refractivity contribution in [3.8, 4) is 0 Å². The van der Waals surface area contributed by atoms with Crippen molar-refractivity contribution < 1.29 is 4.74 Å². The monoisotopic (exact) mass is 318 g/mol. The summed E-state index contributed by atoms with van der Waals surface area (Å²) >= 11 is 5.31. The van der Waals surface area contributed by atoms with E-state index in [0.29, 0.717) is 6.10 Å². The van der Waals surface area contributed by atoms with Gasteiger partial charge in [0.15, 0.2) is 0 Å². The Kier molecular flexibility index (Phi) is 5.94. The van der Waals surface area contributed by atoms with E-state index in [2.05, 4.69) is 38.0 Å². The molecule has 0 spiro atoms. The van der Waals surface area contributed by atoms with Gasteiger partial charge < -0.3 is 15.4 Å². The predicted molar refractivity (Wildman–Crippen MR) is 75.6 cm³/mol. The van der Waals surface area contributed by atoms with Crippen molar-refractivity contribution in [3.63, 3.8) is 0 Å². The Balaban J connectivity index is 1.53. The summed E-state index contributed by atoms with van der Waals surface area (Å²) in [6, 6.07) is 2.09. The van der Waals surface area contributed by atoms with Crippen LogP contribution in [-0.2, 0) is 11.3 Å². The summed E-state index contributed by atoms with van der Waals surface area (Å²) in [5.41, 5.74) is 0. The van der Waals surface area contributed by atoms with Gasteiger partial charge in [-0.15, -0.1) is 11.3 Å². The van der Waals surface area contributed by atoms with E-state index in [9.17, 15) is 0 Å². The summed E-state index contributed by atoms with van der Waals surface area (Å²) in [5.74, 6) is 0. The fourth-order valence-corrected chi connectivity index (χ4v) is 3.38. The van der Waals surface area contributed by atoms with Crippen LogP contribution in [0.4, 0.5) is 0 Å². The Labute approximate surface area is 115 Å². The van der Waals surface area contributed by atoms with E-state index in [4.69, 9.17) is 4.74 Å². The molecule has 0 aliphatic carbocycles. The molecule has 2 N–H and O–H groups in total. The van der Waals surface area contributed by atoms with Crippen LogP contribution in [0, 0.1) is 0 Å². The highest BCUT2D eigenvalue weighted by Gasteiger charge is 2.12. The number of rotatable bonds is 6. The average molecular weight is 319 g/mol. The van der Waals surface area contributed by atoms with E-state index in [1.807, 2.05) is 0 Å². The predicted octanol–water partition coefficient (Wildman–Crippen LogP) is 2.37. The van der Waals surface area contributed by atoms with Crippen molar-refractivity contribution in [2.24, 2.45) is 0 Å². The first-order chi connectivity index (χ1) is 8.36. The molecule has 0 atom stereocenters. The molecule has 5 heteroatoms. The fraction of sp³-hybridized carbons (Fsp3) is 0.667. The van der Waals surface area contributed by atoms with E-state index >= 15 is 0 Å². The molecule has 0 radical (unpaired) electrons. The lowest BCUT2D eigenvalue weighted by atomic mass is 10.1. The summed E-state index contributed by atoms with van der Waals surface area (Å²) in [6.07, 6.45) is 2.76. The smallest absolute Gasteiger partial charge is 0.0600 e. The molecule has 1 fully saturated rings. The highest BCUT2D eigenvalue weighted by atomic mass is 79.9. The van der Waals surface area contributed by atoms with Crippen LogP contribution in [0.5, 0.6) is 0 Å². The number of nitrogens with one attached hydrogen (secondary N) is 2. The first-order valence-electron chi connectivity index (χ1n) is 6.11. The zero-order valence-electron chi connectivity index (χ0n) is 9.88. The molecular weight excluding hydrogens is 300 g/mol. The molecular formula is C12H19BrN2OS. The van der Waals surface area contributed by atoms with Crippen LogP contribution >= 0.6 is 27.3 Å². The third kappa shape index (κ3) is 4.67. The Morgan fingerprint density at radius 3 is 3.00 bits per heavy atom. The zero-order valence-corrected chi connectivity index (χ0v) is 12.3. The minimum atomic E-state index is 0.464. The summed E-state index contributed by atoms with van der Waals surface area (Å²) in [4.78, 5) is 1.35. The van der Waals surface area contributed by atoms with Gasteiger partial charge in [0, 0.05) is 22.4 Å². The summed E-state index contributed by atoms with van der Waals surface area (Å²) in [6.45, 7) is 4.86. The van der Waals surface area contributed by atoms with Crippen LogP contribution in [0.3, 0.4) is 0 Å². The van der Waals surface area contributed by atoms with E-state index < -0.39 is 0 Å². The second-order valence-electron chi connectivity index (χ2n) is 4.19. The van der Waals surface area contributed by atoms with Gasteiger partial charge in [-0.25, -0.2) is 0 Å². The van der Waals surface area contributed by atoms with E-state index in [0.717, 1.165) is 45.6 Å². The van der Waals surface area contributed by atoms with Crippen LogP contribution in [0.15, 0.2) is 15.9 Å². The second-order valence-corrected chi connectivity index (χ2v) is 6.04. The first-order valence-corrected chi connectivity index (χ1v) is 7.78. The van der Waals surface area contributed by atoms with Crippen molar-refractivity contribution >= 4 is 27.3 Å². The number of ether oxygens (including phenoxy) is 1. The highest BCUT2D eigenvalue weighted by Crippen LogP contribution is 2.21. The Morgan fingerprint density at radius 2 is 2.29 bits per heavy atom. The molecule has 1 aliphatic rings. The Morgan fingerprint density at radius 1 is 1.47 bits per heavy atom. The highest BCUT2D eigenvalue weighted by molar-refractivity contribution is 9.10. The number of thiophene rings is 1. The minimum Gasteiger partial charge on any atom is -0.377 e. The molecule has 0 aromatic carbocycles. The van der Waals surface area contributed by atoms with Crippen LogP contribution < -0.4 is 10.6 Å². The molecule has 1 aromatic heterocycles. The molecule has 1 saturated heterocycles. The number of hydrogen-bond donors (Lipinski definition) is 2. The van der Waals surface area contributed by atoms with Gasteiger partial charge in [-0.3, -0.25) is 0 Å². The maximum absolute atomic E-state index is 5.82. The van der Waals surface area contributed by atoms with Crippen molar-refractivity contribution in [1.29, 1.82) is 0 Å². The van der Waals surface area contributed by atoms with Gasteiger partial charge in [0.25, 0.3) is 0 Å². The Hall–Kier alpha value is 0.0600. The molecule has 0 bridgehead atoms. The molecule has 2 heterocycles. The molecule has 0 amide bonds. The normalized spacial score (nSPS) is 17.5. The van der Waals surface area contributed by atoms with Crippen molar-refractivity contribution in [3.05, 3.63) is 20.8 Å². The van der Waals surface area contributed by atoms with Gasteiger partial charge in [0.1, 0.15) is 0 Å². The molecule has 0 saturated carbocycles. The summed E-state index contributed by atoms with van der Waals surface area (Å²) in [7, 11) is 0. The van der Waals surface area contributed by atoms with E-state index in [1.54, 1.807) is 11.3 Å². The van der Waals surface area contributed by atoms with Crippen molar-refractivity contribution in [1.82, 2.24) is 10.6 Å². The quantitative estimate of drug-likeness (QED) is 0.790. The van der Waals surface area contributed by atoms with E-state index in [1.165, 1.54) is 9.35 Å². The van der Waals surface area contributed by atoms with Crippen LogP contribution in [0.1, 0.15) is 17.7 Å². The minimum absolute atomic E-state index is 0.464. The molecule has 1 aromatic rings. The summed E-state index contributed by atoms with van der Waals surface area (Å²) in [5, 5.41) is 8.85. The molecule has 2 rings (SSSR count). The van der Waals surface area contributed by atoms with Crippen LogP contribution in [0.25, 0.3) is 0 Å². The lowest BCUT2D eigenvalue weighted by Gasteiger charge is -2.22. The fourth-order valence-electron chi connectivity index (χ4n) is 1.91. The molecule has 0 unspecified atom stereocenters. The maximum atomic E-state index is 5.82. The largest absolute Gasteiger partial charge is 0.377 e. The molecule has 17 heavy (non-hydrogen) atoms. The van der Waals surface area contributed by atoms with E-state index in [-0.39, 0.29) is 0 Å². The van der Waals surface area contributed by atoms with Crippen molar-refractivity contribution in [2.45, 2.75) is 25.5 Å². The number of piperidine rings is 1. The van der Waals surface area contributed by atoms with Crippen molar-refractivity contribution in [2.75, 3.05) is 26.2 Å². The zero-order chi connectivity index (χ0) is 11.9. The lowest BCUT2D eigenvalue weighted by Crippen LogP contribution is -2.33. The third-order valence-corrected chi connectivity index (χ3v) is 4.82.